The van der Waals surface area contributed by atoms with E-state index in [0.717, 1.165) is 12.3 Å². The smallest absolute Gasteiger partial charge is 0.338 e. The quantitative estimate of drug-likeness (QED) is 0.164. The number of hydrogen-bond donors (Lipinski definition) is 0. The second kappa shape index (κ2) is 13.3. The van der Waals surface area contributed by atoms with Crippen molar-refractivity contribution in [2.24, 2.45) is 5.92 Å². The van der Waals surface area contributed by atoms with E-state index in [9.17, 15) is 9.59 Å². The Morgan fingerprint density at radius 2 is 1.67 bits per heavy atom. The van der Waals surface area contributed by atoms with Gasteiger partial charge in [-0.05, 0) is 67.6 Å². The molecule has 3 heteroatoms. The van der Waals surface area contributed by atoms with Crippen LogP contribution in [0.15, 0.2) is 24.3 Å². The van der Waals surface area contributed by atoms with Crippen molar-refractivity contribution in [2.45, 2.75) is 103 Å². The van der Waals surface area contributed by atoms with Crippen LogP contribution in [-0.2, 0) is 9.53 Å². The third-order valence-corrected chi connectivity index (χ3v) is 6.42. The highest BCUT2D eigenvalue weighted by molar-refractivity contribution is 6.00. The van der Waals surface area contributed by atoms with E-state index in [-0.39, 0.29) is 0 Å². The van der Waals surface area contributed by atoms with Crippen molar-refractivity contribution in [3.63, 3.8) is 0 Å². The van der Waals surface area contributed by atoms with Crippen LogP contribution in [0.25, 0.3) is 0 Å². The molecule has 0 heterocycles. The van der Waals surface area contributed by atoms with Gasteiger partial charge in [-0.15, -0.1) is 6.42 Å². The highest BCUT2D eigenvalue weighted by Crippen LogP contribution is 2.37. The van der Waals surface area contributed by atoms with Crippen molar-refractivity contribution in [1.29, 1.82) is 0 Å². The second-order valence-electron chi connectivity index (χ2n) is 8.73. The minimum absolute atomic E-state index is 0.453. The zero-order valence-corrected chi connectivity index (χ0v) is 18.8. The molecule has 1 saturated carbocycles. The minimum atomic E-state index is -0.843. The van der Waals surface area contributed by atoms with Crippen LogP contribution >= 0.6 is 0 Å². The molecule has 1 aromatic rings. The fraction of sp³-hybridized carbons (Fsp3) is 0.630. The van der Waals surface area contributed by atoms with Crippen molar-refractivity contribution in [3.8, 4) is 12.3 Å². The lowest BCUT2D eigenvalue weighted by Gasteiger charge is -2.29. The summed E-state index contributed by atoms with van der Waals surface area (Å²) < 4.78 is 5.36. The zero-order chi connectivity index (χ0) is 21.8. The SMILES string of the molecule is C#CC(=O)C(CCC)OC(=O)c1ccc([C@H]2CC[C@H](CCCCCCC)CC2)cc1. The van der Waals surface area contributed by atoms with Crippen LogP contribution < -0.4 is 0 Å². The number of unbranched alkanes of at least 4 members (excludes halogenated alkanes) is 4. The molecule has 1 unspecified atom stereocenters. The van der Waals surface area contributed by atoms with Crippen molar-refractivity contribution >= 4 is 11.8 Å². The Hall–Kier alpha value is -2.08. The topological polar surface area (TPSA) is 43.4 Å². The molecule has 0 saturated heterocycles. The summed E-state index contributed by atoms with van der Waals surface area (Å²) in [6.07, 6.45) is 18.8. The van der Waals surface area contributed by atoms with Gasteiger partial charge in [0.25, 0.3) is 0 Å². The van der Waals surface area contributed by atoms with Gasteiger partial charge in [0.15, 0.2) is 6.10 Å². The Labute approximate surface area is 183 Å². The average Bonchev–Trinajstić information content (AvgIpc) is 2.78. The number of hydrogen-bond acceptors (Lipinski definition) is 3. The second-order valence-corrected chi connectivity index (χ2v) is 8.73. The summed E-state index contributed by atoms with van der Waals surface area (Å²) in [5.41, 5.74) is 1.78. The van der Waals surface area contributed by atoms with Crippen molar-refractivity contribution in [2.75, 3.05) is 0 Å². The van der Waals surface area contributed by atoms with E-state index in [1.807, 2.05) is 31.2 Å². The molecule has 1 aliphatic rings. The summed E-state index contributed by atoms with van der Waals surface area (Å²) >= 11 is 0. The molecule has 0 radical (unpaired) electrons. The van der Waals surface area contributed by atoms with Crippen LogP contribution in [0, 0.1) is 18.3 Å². The van der Waals surface area contributed by atoms with Crippen LogP contribution in [0.1, 0.15) is 113 Å². The lowest BCUT2D eigenvalue weighted by molar-refractivity contribution is -0.122. The van der Waals surface area contributed by atoms with Crippen LogP contribution in [0.4, 0.5) is 0 Å². The van der Waals surface area contributed by atoms with E-state index >= 15 is 0 Å². The molecule has 1 aliphatic carbocycles. The van der Waals surface area contributed by atoms with Crippen LogP contribution in [0.2, 0.25) is 0 Å². The van der Waals surface area contributed by atoms with Crippen LogP contribution in [-0.4, -0.2) is 17.9 Å². The van der Waals surface area contributed by atoms with Crippen molar-refractivity contribution < 1.29 is 14.3 Å². The number of carbonyl (C=O) groups excluding carboxylic acids is 2. The predicted molar refractivity (Wildman–Crippen MR) is 122 cm³/mol. The molecule has 1 aromatic carbocycles. The highest BCUT2D eigenvalue weighted by atomic mass is 16.5. The highest BCUT2D eigenvalue weighted by Gasteiger charge is 2.24. The van der Waals surface area contributed by atoms with E-state index in [1.54, 1.807) is 0 Å². The van der Waals surface area contributed by atoms with Crippen LogP contribution in [0.3, 0.4) is 0 Å². The number of ketones is 1. The van der Waals surface area contributed by atoms with Gasteiger partial charge in [-0.1, -0.05) is 70.9 Å². The molecule has 0 aromatic heterocycles. The van der Waals surface area contributed by atoms with Gasteiger partial charge in [-0.2, -0.15) is 0 Å². The lowest BCUT2D eigenvalue weighted by atomic mass is 9.77. The molecule has 0 bridgehead atoms. The first-order valence-electron chi connectivity index (χ1n) is 11.9. The number of ether oxygens (including phenoxy) is 1. The minimum Gasteiger partial charge on any atom is -0.450 e. The molecule has 2 rings (SSSR count). The van der Waals surface area contributed by atoms with Gasteiger partial charge in [-0.25, -0.2) is 4.79 Å². The molecule has 0 aliphatic heterocycles. The molecule has 0 spiro atoms. The van der Waals surface area contributed by atoms with E-state index in [4.69, 9.17) is 11.2 Å². The largest absolute Gasteiger partial charge is 0.450 e. The maximum atomic E-state index is 12.4. The van der Waals surface area contributed by atoms with Crippen molar-refractivity contribution in [3.05, 3.63) is 35.4 Å². The molecular weight excluding hydrogens is 372 g/mol. The van der Waals surface area contributed by atoms with Gasteiger partial charge in [0.1, 0.15) is 0 Å². The number of esters is 1. The van der Waals surface area contributed by atoms with Gasteiger partial charge < -0.3 is 4.74 Å². The van der Waals surface area contributed by atoms with E-state index in [2.05, 4.69) is 12.8 Å². The number of terminal acetylenes is 1. The number of benzene rings is 1. The first-order valence-corrected chi connectivity index (χ1v) is 11.9. The molecule has 1 atom stereocenters. The maximum Gasteiger partial charge on any atom is 0.338 e. The number of Topliss-reactive ketones (excluding diaryl/α,β-unsaturated/α-hetero) is 1. The van der Waals surface area contributed by atoms with Gasteiger partial charge in [0, 0.05) is 0 Å². The summed E-state index contributed by atoms with van der Waals surface area (Å²) in [4.78, 5) is 24.2. The Kier molecular flexibility index (Phi) is 10.7. The molecule has 0 N–H and O–H groups in total. The molecule has 1 fully saturated rings. The summed E-state index contributed by atoms with van der Waals surface area (Å²) in [5.74, 6) is 2.60. The van der Waals surface area contributed by atoms with Crippen LogP contribution in [0.5, 0.6) is 0 Å². The Bertz CT molecular complexity index is 690. The fourth-order valence-electron chi connectivity index (χ4n) is 4.51. The monoisotopic (exact) mass is 410 g/mol. The van der Waals surface area contributed by atoms with Gasteiger partial charge in [0.05, 0.1) is 5.56 Å². The summed E-state index contributed by atoms with van der Waals surface area (Å²) in [6, 6.07) is 7.73. The molecule has 0 amide bonds. The Morgan fingerprint density at radius 3 is 2.27 bits per heavy atom. The Balaban J connectivity index is 1.81. The zero-order valence-electron chi connectivity index (χ0n) is 18.8. The summed E-state index contributed by atoms with van der Waals surface area (Å²) in [6.45, 7) is 4.20. The standard InChI is InChI=1S/C27H38O3/c1-4-7-8-9-10-12-21-13-15-22(16-14-21)23-17-19-24(20-18-23)27(29)30-26(11-5-2)25(28)6-3/h3,17-22,26H,4-5,7-16H2,1-2H3/t21-,22-,26?. The predicted octanol–water partition coefficient (Wildman–Crippen LogP) is 6.85. The fourth-order valence-corrected chi connectivity index (χ4v) is 4.51. The normalized spacial score (nSPS) is 19.6. The van der Waals surface area contributed by atoms with Gasteiger partial charge >= 0.3 is 5.97 Å². The van der Waals surface area contributed by atoms with E-state index < -0.39 is 17.9 Å². The van der Waals surface area contributed by atoms with E-state index in [0.29, 0.717) is 17.9 Å². The molecule has 30 heavy (non-hydrogen) atoms. The summed E-state index contributed by atoms with van der Waals surface area (Å²) in [7, 11) is 0. The van der Waals surface area contributed by atoms with Crippen molar-refractivity contribution in [1.82, 2.24) is 0 Å². The lowest BCUT2D eigenvalue weighted by Crippen LogP contribution is -2.26. The van der Waals surface area contributed by atoms with Gasteiger partial charge in [-0.3, -0.25) is 4.79 Å². The number of carbonyl (C=O) groups is 2. The summed E-state index contributed by atoms with van der Waals surface area (Å²) in [5, 5.41) is 0. The first-order chi connectivity index (χ1) is 14.6. The first kappa shape index (κ1) is 24.2. The third kappa shape index (κ3) is 7.63. The molecule has 164 valence electrons. The number of rotatable bonds is 12. The Morgan fingerprint density at radius 1 is 1.00 bits per heavy atom. The maximum absolute atomic E-state index is 12.4. The third-order valence-electron chi connectivity index (χ3n) is 6.42. The molecular formula is C27H38O3. The van der Waals surface area contributed by atoms with Gasteiger partial charge in [0.2, 0.25) is 5.78 Å². The average molecular weight is 411 g/mol. The molecule has 3 nitrogen and oxygen atoms in total. The van der Waals surface area contributed by atoms with E-state index in [1.165, 1.54) is 69.8 Å².